The van der Waals surface area contributed by atoms with Gasteiger partial charge in [0.2, 0.25) is 0 Å². The molecule has 1 N–H and O–H groups in total. The average molecular weight is 313 g/mol. The summed E-state index contributed by atoms with van der Waals surface area (Å²) in [7, 11) is 0. The number of ether oxygens (including phenoxy) is 1. The Bertz CT molecular complexity index is 632. The van der Waals surface area contributed by atoms with E-state index in [1.165, 1.54) is 24.2 Å². The van der Waals surface area contributed by atoms with Crippen molar-refractivity contribution >= 4 is 11.9 Å². The number of rotatable bonds is 7. The number of carbonyl (C=O) groups is 2. The molecular weight excluding hydrogens is 294 g/mol. The van der Waals surface area contributed by atoms with E-state index >= 15 is 0 Å². The third-order valence-corrected chi connectivity index (χ3v) is 3.22. The first-order valence-corrected chi connectivity index (χ1v) is 7.41. The minimum Gasteiger partial charge on any atom is -0.451 e. The number of amides is 1. The molecule has 0 radical (unpaired) electrons. The molecule has 120 valence electrons. The van der Waals surface area contributed by atoms with Gasteiger partial charge in [-0.25, -0.2) is 9.78 Å². The quantitative estimate of drug-likeness (QED) is 0.788. The molecule has 0 fully saturated rings. The molecule has 1 heterocycles. The first-order chi connectivity index (χ1) is 11.1. The first-order valence-electron chi connectivity index (χ1n) is 7.41. The topological polar surface area (TPSA) is 81.2 Å². The van der Waals surface area contributed by atoms with E-state index in [9.17, 15) is 9.59 Å². The summed E-state index contributed by atoms with van der Waals surface area (Å²) in [5.74, 6) is -0.993. The number of benzene rings is 1. The van der Waals surface area contributed by atoms with E-state index in [0.717, 1.165) is 12.8 Å². The Morgan fingerprint density at radius 3 is 2.70 bits per heavy atom. The zero-order chi connectivity index (χ0) is 16.5. The van der Waals surface area contributed by atoms with Crippen molar-refractivity contribution in [2.75, 3.05) is 6.61 Å². The van der Waals surface area contributed by atoms with Crippen molar-refractivity contribution in [3.8, 4) is 0 Å². The summed E-state index contributed by atoms with van der Waals surface area (Å²) in [6.45, 7) is 1.59. The minimum atomic E-state index is -0.662. The lowest BCUT2D eigenvalue weighted by atomic mass is 10.1. The van der Waals surface area contributed by atoms with Crippen molar-refractivity contribution in [1.29, 1.82) is 0 Å². The maximum Gasteiger partial charge on any atom is 0.359 e. The smallest absolute Gasteiger partial charge is 0.359 e. The van der Waals surface area contributed by atoms with Crippen LogP contribution in [0.25, 0.3) is 0 Å². The molecule has 2 rings (SSSR count). The highest BCUT2D eigenvalue weighted by molar-refractivity contribution is 5.89. The van der Waals surface area contributed by atoms with Crippen LogP contribution in [0.15, 0.2) is 48.9 Å². The zero-order valence-corrected chi connectivity index (χ0v) is 12.9. The Hall–Kier alpha value is -2.76. The van der Waals surface area contributed by atoms with Crippen LogP contribution in [-0.4, -0.2) is 34.5 Å². The summed E-state index contributed by atoms with van der Waals surface area (Å²) in [5.41, 5.74) is 1.31. The van der Waals surface area contributed by atoms with E-state index in [-0.39, 0.29) is 24.2 Å². The van der Waals surface area contributed by atoms with Gasteiger partial charge in [0, 0.05) is 18.4 Å². The maximum atomic E-state index is 11.8. The second-order valence-corrected chi connectivity index (χ2v) is 5.16. The van der Waals surface area contributed by atoms with Crippen LogP contribution < -0.4 is 5.32 Å². The van der Waals surface area contributed by atoms with Crippen LogP contribution in [0.4, 0.5) is 0 Å². The molecule has 6 nitrogen and oxygen atoms in total. The zero-order valence-electron chi connectivity index (χ0n) is 12.9. The lowest BCUT2D eigenvalue weighted by Crippen LogP contribution is -2.36. The summed E-state index contributed by atoms with van der Waals surface area (Å²) in [4.78, 5) is 31.0. The SMILES string of the molecule is C[C@H](CCc1ccccc1)NC(=O)COC(=O)c1cnccn1. The molecule has 1 atom stereocenters. The Labute approximate surface area is 134 Å². The molecule has 1 aromatic carbocycles. The van der Waals surface area contributed by atoms with Crippen LogP contribution in [0, 0.1) is 0 Å². The predicted octanol–water partition coefficient (Wildman–Crippen LogP) is 1.77. The van der Waals surface area contributed by atoms with Crippen LogP contribution in [0.5, 0.6) is 0 Å². The summed E-state index contributed by atoms with van der Waals surface area (Å²) in [6, 6.07) is 10.1. The highest BCUT2D eigenvalue weighted by Crippen LogP contribution is 2.04. The van der Waals surface area contributed by atoms with Crippen LogP contribution >= 0.6 is 0 Å². The monoisotopic (exact) mass is 313 g/mol. The van der Waals surface area contributed by atoms with Gasteiger partial charge in [-0.05, 0) is 25.3 Å². The molecule has 0 unspecified atom stereocenters. The first kappa shape index (κ1) is 16.6. The van der Waals surface area contributed by atoms with Gasteiger partial charge in [-0.2, -0.15) is 0 Å². The van der Waals surface area contributed by atoms with Gasteiger partial charge in [-0.1, -0.05) is 30.3 Å². The van der Waals surface area contributed by atoms with E-state index < -0.39 is 5.97 Å². The predicted molar refractivity (Wildman–Crippen MR) is 84.7 cm³/mol. The van der Waals surface area contributed by atoms with Crippen molar-refractivity contribution in [1.82, 2.24) is 15.3 Å². The summed E-state index contributed by atoms with van der Waals surface area (Å²) >= 11 is 0. The standard InChI is InChI=1S/C17H19N3O3/c1-13(7-8-14-5-3-2-4-6-14)20-16(21)12-23-17(22)15-11-18-9-10-19-15/h2-6,9-11,13H,7-8,12H2,1H3,(H,20,21)/t13-/m1/s1. The van der Waals surface area contributed by atoms with Crippen molar-refractivity contribution in [2.24, 2.45) is 0 Å². The molecule has 0 saturated carbocycles. The van der Waals surface area contributed by atoms with E-state index in [2.05, 4.69) is 27.4 Å². The van der Waals surface area contributed by atoms with Gasteiger partial charge in [0.05, 0.1) is 6.20 Å². The minimum absolute atomic E-state index is 0.00192. The van der Waals surface area contributed by atoms with Crippen LogP contribution in [0.3, 0.4) is 0 Å². The molecule has 1 aromatic heterocycles. The average Bonchev–Trinajstić information content (AvgIpc) is 2.59. The van der Waals surface area contributed by atoms with E-state index in [1.807, 2.05) is 25.1 Å². The van der Waals surface area contributed by atoms with Crippen molar-refractivity contribution < 1.29 is 14.3 Å². The number of hydrogen-bond donors (Lipinski definition) is 1. The summed E-state index contributed by atoms with van der Waals surface area (Å²) in [5, 5.41) is 2.80. The number of esters is 1. The van der Waals surface area contributed by atoms with Gasteiger partial charge in [-0.15, -0.1) is 0 Å². The van der Waals surface area contributed by atoms with Crippen LogP contribution in [0.1, 0.15) is 29.4 Å². The van der Waals surface area contributed by atoms with E-state index in [1.54, 1.807) is 0 Å². The molecule has 0 saturated heterocycles. The highest BCUT2D eigenvalue weighted by Gasteiger charge is 2.13. The third-order valence-electron chi connectivity index (χ3n) is 3.22. The molecule has 0 aliphatic rings. The van der Waals surface area contributed by atoms with Gasteiger partial charge in [0.25, 0.3) is 5.91 Å². The summed E-state index contributed by atoms with van der Waals surface area (Å²) < 4.78 is 4.90. The van der Waals surface area contributed by atoms with Crippen LogP contribution in [0.2, 0.25) is 0 Å². The fourth-order valence-corrected chi connectivity index (χ4v) is 2.03. The van der Waals surface area contributed by atoms with Gasteiger partial charge in [-0.3, -0.25) is 9.78 Å². The highest BCUT2D eigenvalue weighted by atomic mass is 16.5. The number of nitrogens with zero attached hydrogens (tertiary/aromatic N) is 2. The number of aromatic nitrogens is 2. The second kappa shape index (κ2) is 8.63. The largest absolute Gasteiger partial charge is 0.451 e. The van der Waals surface area contributed by atoms with Gasteiger partial charge < -0.3 is 10.1 Å². The van der Waals surface area contributed by atoms with E-state index in [4.69, 9.17) is 4.74 Å². The Kier molecular flexibility index (Phi) is 6.23. The Morgan fingerprint density at radius 2 is 2.00 bits per heavy atom. The summed E-state index contributed by atoms with van der Waals surface area (Å²) in [6.07, 6.45) is 5.83. The molecule has 23 heavy (non-hydrogen) atoms. The molecule has 0 spiro atoms. The van der Waals surface area contributed by atoms with Gasteiger partial charge >= 0.3 is 5.97 Å². The lowest BCUT2D eigenvalue weighted by Gasteiger charge is -2.14. The molecule has 0 bridgehead atoms. The molecule has 1 amide bonds. The van der Waals surface area contributed by atoms with Crippen molar-refractivity contribution in [2.45, 2.75) is 25.8 Å². The Morgan fingerprint density at radius 1 is 1.22 bits per heavy atom. The van der Waals surface area contributed by atoms with Gasteiger partial charge in [0.1, 0.15) is 0 Å². The number of hydrogen-bond acceptors (Lipinski definition) is 5. The fourth-order valence-electron chi connectivity index (χ4n) is 2.03. The third kappa shape index (κ3) is 5.86. The molecule has 0 aliphatic carbocycles. The number of nitrogens with one attached hydrogen (secondary N) is 1. The van der Waals surface area contributed by atoms with Crippen LogP contribution in [-0.2, 0) is 16.0 Å². The molecular formula is C17H19N3O3. The second-order valence-electron chi connectivity index (χ2n) is 5.16. The lowest BCUT2D eigenvalue weighted by molar-refractivity contribution is -0.124. The Balaban J connectivity index is 1.69. The van der Waals surface area contributed by atoms with E-state index in [0.29, 0.717) is 0 Å². The fraction of sp³-hybridized carbons (Fsp3) is 0.294. The van der Waals surface area contributed by atoms with Crippen molar-refractivity contribution in [3.05, 3.63) is 60.2 Å². The molecule has 6 heteroatoms. The van der Waals surface area contributed by atoms with Gasteiger partial charge in [0.15, 0.2) is 12.3 Å². The molecule has 2 aromatic rings. The maximum absolute atomic E-state index is 11.8. The van der Waals surface area contributed by atoms with Crippen molar-refractivity contribution in [3.63, 3.8) is 0 Å². The normalized spacial score (nSPS) is 11.5. The number of carbonyl (C=O) groups excluding carboxylic acids is 2. The number of aryl methyl sites for hydroxylation is 1. The molecule has 0 aliphatic heterocycles.